The summed E-state index contributed by atoms with van der Waals surface area (Å²) in [5.41, 5.74) is 0.760. The van der Waals surface area contributed by atoms with Crippen molar-refractivity contribution in [3.05, 3.63) is 35.9 Å². The van der Waals surface area contributed by atoms with E-state index in [2.05, 4.69) is 16.0 Å². The Morgan fingerprint density at radius 3 is 2.03 bits per heavy atom. The molecule has 0 heterocycles. The van der Waals surface area contributed by atoms with Gasteiger partial charge in [-0.25, -0.2) is 9.59 Å². The normalized spacial score (nSPS) is 15.2. The van der Waals surface area contributed by atoms with Gasteiger partial charge in [0.1, 0.15) is 24.7 Å². The number of rotatable bonds is 13. The van der Waals surface area contributed by atoms with Gasteiger partial charge in [-0.15, -0.1) is 0 Å². The Morgan fingerprint density at radius 1 is 0.914 bits per heavy atom. The summed E-state index contributed by atoms with van der Waals surface area (Å²) in [5.74, 6) is -2.07. The number of carbonyl (C=O) groups excluding carboxylic acids is 4. The van der Waals surface area contributed by atoms with Crippen LogP contribution in [0.3, 0.4) is 0 Å². The van der Waals surface area contributed by atoms with Gasteiger partial charge in [-0.3, -0.25) is 9.59 Å². The van der Waals surface area contributed by atoms with E-state index in [4.69, 9.17) is 9.47 Å². The molecule has 0 aliphatic heterocycles. The number of carbonyl (C=O) groups is 4. The lowest BCUT2D eigenvalue weighted by Crippen LogP contribution is -2.59. The highest BCUT2D eigenvalue weighted by Gasteiger charge is 2.34. The maximum absolute atomic E-state index is 13.1. The van der Waals surface area contributed by atoms with E-state index in [1.165, 1.54) is 14.0 Å². The molecule has 0 fully saturated rings. The zero-order valence-electron chi connectivity index (χ0n) is 21.4. The number of alkyl carbamates (subject to hydrolysis) is 1. The number of methoxy groups -OCH3 is 1. The largest absolute Gasteiger partial charge is 0.467 e. The molecule has 0 aromatic heterocycles. The van der Waals surface area contributed by atoms with E-state index in [0.717, 1.165) is 5.56 Å². The maximum atomic E-state index is 13.1. The van der Waals surface area contributed by atoms with Crippen LogP contribution in [0.2, 0.25) is 0 Å². The second-order valence-electron chi connectivity index (χ2n) is 9.01. The summed E-state index contributed by atoms with van der Waals surface area (Å²) < 4.78 is 9.93. The van der Waals surface area contributed by atoms with Crippen LogP contribution in [-0.2, 0) is 30.5 Å². The molecule has 3 amide bonds. The number of ether oxygens (including phenoxy) is 2. The fraction of sp³-hybridized carbons (Fsp3) is 0.600. The third-order valence-corrected chi connectivity index (χ3v) is 5.55. The zero-order valence-corrected chi connectivity index (χ0v) is 21.4. The number of aliphatic hydroxyl groups is 1. The van der Waals surface area contributed by atoms with Crippen molar-refractivity contribution in [3.63, 3.8) is 0 Å². The van der Waals surface area contributed by atoms with Gasteiger partial charge in [-0.1, -0.05) is 64.4 Å². The third-order valence-electron chi connectivity index (χ3n) is 5.55. The van der Waals surface area contributed by atoms with E-state index in [1.54, 1.807) is 31.2 Å². The molecule has 0 unspecified atom stereocenters. The molecule has 0 aliphatic rings. The van der Waals surface area contributed by atoms with Gasteiger partial charge in [0.15, 0.2) is 0 Å². The van der Waals surface area contributed by atoms with E-state index in [1.807, 2.05) is 26.8 Å². The van der Waals surface area contributed by atoms with Crippen molar-refractivity contribution in [1.82, 2.24) is 16.0 Å². The van der Waals surface area contributed by atoms with Crippen LogP contribution in [-0.4, -0.2) is 60.3 Å². The van der Waals surface area contributed by atoms with Gasteiger partial charge < -0.3 is 30.5 Å². The van der Waals surface area contributed by atoms with Gasteiger partial charge >= 0.3 is 12.1 Å². The molecular weight excluding hydrogens is 454 g/mol. The average molecular weight is 494 g/mol. The number of nitrogens with one attached hydrogen (secondary N) is 3. The van der Waals surface area contributed by atoms with E-state index < -0.39 is 48.1 Å². The number of hydrogen-bond acceptors (Lipinski definition) is 7. The Morgan fingerprint density at radius 2 is 1.51 bits per heavy atom. The summed E-state index contributed by atoms with van der Waals surface area (Å²) >= 11 is 0. The predicted molar refractivity (Wildman–Crippen MR) is 130 cm³/mol. The molecule has 0 radical (unpaired) electrons. The fourth-order valence-electron chi connectivity index (χ4n) is 3.33. The second kappa shape index (κ2) is 15.0. The molecule has 10 heteroatoms. The van der Waals surface area contributed by atoms with Crippen LogP contribution in [0.4, 0.5) is 4.79 Å². The summed E-state index contributed by atoms with van der Waals surface area (Å²) in [7, 11) is 1.24. The average Bonchev–Trinajstić information content (AvgIpc) is 2.82. The number of aliphatic hydroxyl groups excluding tert-OH is 1. The van der Waals surface area contributed by atoms with Gasteiger partial charge in [0.2, 0.25) is 11.8 Å². The SMILES string of the molecule is CC[C@H](C)[C@H](NC(=O)[C@@H](NC(=O)OCc1ccccc1)[C@@H](C)O)C(=O)N[C@@H](CC(C)C)C(=O)OC. The Labute approximate surface area is 207 Å². The first-order valence-electron chi connectivity index (χ1n) is 11.8. The van der Waals surface area contributed by atoms with Crippen molar-refractivity contribution >= 4 is 23.9 Å². The molecule has 4 N–H and O–H groups in total. The maximum Gasteiger partial charge on any atom is 0.408 e. The summed E-state index contributed by atoms with van der Waals surface area (Å²) in [6.45, 7) is 8.78. The minimum absolute atomic E-state index is 0.0104. The number of hydrogen-bond donors (Lipinski definition) is 4. The summed E-state index contributed by atoms with van der Waals surface area (Å²) in [4.78, 5) is 50.4. The Kier molecular flexibility index (Phi) is 12.8. The topological polar surface area (TPSA) is 143 Å². The van der Waals surface area contributed by atoms with Crippen LogP contribution < -0.4 is 16.0 Å². The van der Waals surface area contributed by atoms with E-state index in [-0.39, 0.29) is 18.4 Å². The van der Waals surface area contributed by atoms with Crippen LogP contribution in [0.15, 0.2) is 30.3 Å². The van der Waals surface area contributed by atoms with Crippen molar-refractivity contribution < 1.29 is 33.8 Å². The minimum atomic E-state index is -1.36. The van der Waals surface area contributed by atoms with Crippen LogP contribution >= 0.6 is 0 Å². The summed E-state index contributed by atoms with van der Waals surface area (Å²) in [5, 5.41) is 17.7. The standard InChI is InChI=1S/C25H39N3O7/c1-7-16(4)20(22(30)26-19(13-15(2)3)24(32)34-6)27-23(31)21(17(5)29)28-25(33)35-14-18-11-9-8-10-12-18/h8-12,15-17,19-21,29H,7,13-14H2,1-6H3,(H,26,30)(H,27,31)(H,28,33)/t16-,17+,19-,20-,21-/m0/s1. The molecule has 35 heavy (non-hydrogen) atoms. The zero-order chi connectivity index (χ0) is 26.5. The number of amides is 3. The lowest BCUT2D eigenvalue weighted by Gasteiger charge is -2.29. The van der Waals surface area contributed by atoms with Crippen molar-refractivity contribution in [3.8, 4) is 0 Å². The van der Waals surface area contributed by atoms with Crippen molar-refractivity contribution in [2.75, 3.05) is 7.11 Å². The third kappa shape index (κ3) is 10.3. The highest BCUT2D eigenvalue weighted by atomic mass is 16.5. The fourth-order valence-corrected chi connectivity index (χ4v) is 3.33. The van der Waals surface area contributed by atoms with Crippen molar-refractivity contribution in [2.24, 2.45) is 11.8 Å². The molecule has 0 aliphatic carbocycles. The molecule has 0 saturated heterocycles. The van der Waals surface area contributed by atoms with Crippen LogP contribution in [0.1, 0.15) is 53.0 Å². The van der Waals surface area contributed by atoms with Gasteiger partial charge in [-0.2, -0.15) is 0 Å². The van der Waals surface area contributed by atoms with Crippen LogP contribution in [0.25, 0.3) is 0 Å². The Hall–Kier alpha value is -3.14. The smallest absolute Gasteiger partial charge is 0.408 e. The predicted octanol–water partition coefficient (Wildman–Crippen LogP) is 1.90. The van der Waals surface area contributed by atoms with Crippen LogP contribution in [0, 0.1) is 11.8 Å². The highest BCUT2D eigenvalue weighted by Crippen LogP contribution is 2.12. The molecule has 0 spiro atoms. The monoisotopic (exact) mass is 493 g/mol. The van der Waals surface area contributed by atoms with E-state index in [9.17, 15) is 24.3 Å². The first-order valence-corrected chi connectivity index (χ1v) is 11.8. The van der Waals surface area contributed by atoms with Crippen LogP contribution in [0.5, 0.6) is 0 Å². The second-order valence-corrected chi connectivity index (χ2v) is 9.01. The number of esters is 1. The molecular formula is C25H39N3O7. The minimum Gasteiger partial charge on any atom is -0.467 e. The first kappa shape index (κ1) is 29.9. The van der Waals surface area contributed by atoms with Gasteiger partial charge in [0, 0.05) is 0 Å². The number of benzene rings is 1. The molecule has 1 aromatic rings. The molecule has 10 nitrogen and oxygen atoms in total. The lowest BCUT2D eigenvalue weighted by molar-refractivity contribution is -0.146. The van der Waals surface area contributed by atoms with Gasteiger partial charge in [0.05, 0.1) is 13.2 Å². The molecule has 0 saturated carbocycles. The van der Waals surface area contributed by atoms with Crippen molar-refractivity contribution in [2.45, 2.75) is 78.3 Å². The quantitative estimate of drug-likeness (QED) is 0.307. The molecule has 0 bridgehead atoms. The van der Waals surface area contributed by atoms with Crippen molar-refractivity contribution in [1.29, 1.82) is 0 Å². The molecule has 1 aromatic carbocycles. The van der Waals surface area contributed by atoms with Gasteiger partial charge in [0.25, 0.3) is 0 Å². The highest BCUT2D eigenvalue weighted by molar-refractivity contribution is 5.93. The van der Waals surface area contributed by atoms with E-state index >= 15 is 0 Å². The molecule has 5 atom stereocenters. The Bertz CT molecular complexity index is 830. The lowest BCUT2D eigenvalue weighted by atomic mass is 9.96. The Balaban J connectivity index is 2.90. The summed E-state index contributed by atoms with van der Waals surface area (Å²) in [6, 6.07) is 5.76. The summed E-state index contributed by atoms with van der Waals surface area (Å²) in [6.07, 6.45) is -1.23. The first-order chi connectivity index (χ1) is 16.5. The van der Waals surface area contributed by atoms with E-state index in [0.29, 0.717) is 12.8 Å². The molecule has 1 rings (SSSR count). The van der Waals surface area contributed by atoms with Gasteiger partial charge in [-0.05, 0) is 30.7 Å². The molecule has 196 valence electrons.